The summed E-state index contributed by atoms with van der Waals surface area (Å²) in [6.45, 7) is 4.62. The average Bonchev–Trinajstić information content (AvgIpc) is 3.54. The van der Waals surface area contributed by atoms with Crippen LogP contribution in [0.1, 0.15) is 48.2 Å². The first kappa shape index (κ1) is 21.8. The third-order valence-electron chi connectivity index (χ3n) is 6.02. The van der Waals surface area contributed by atoms with E-state index in [1.807, 2.05) is 21.9 Å². The topological polar surface area (TPSA) is 95.1 Å². The molecule has 174 valence electrons. The molecule has 0 spiro atoms. The van der Waals surface area contributed by atoms with Crippen LogP contribution in [0.4, 0.5) is 5.95 Å². The van der Waals surface area contributed by atoms with Crippen LogP contribution in [0.25, 0.3) is 16.7 Å². The van der Waals surface area contributed by atoms with Gasteiger partial charge in [0, 0.05) is 37.0 Å². The fraction of sp³-hybridized carbons (Fsp3) is 0.320. The Morgan fingerprint density at radius 2 is 2.06 bits per heavy atom. The fourth-order valence-electron chi connectivity index (χ4n) is 4.41. The molecular weight excluding hydrogens is 432 g/mol. The first-order valence-corrected chi connectivity index (χ1v) is 11.6. The first-order valence-electron chi connectivity index (χ1n) is 11.6. The van der Waals surface area contributed by atoms with Gasteiger partial charge >= 0.3 is 5.97 Å². The van der Waals surface area contributed by atoms with Gasteiger partial charge in [-0.1, -0.05) is 13.0 Å². The monoisotopic (exact) mass is 458 g/mol. The Hall–Kier alpha value is -4.01. The number of ether oxygens (including phenoxy) is 1. The highest BCUT2D eigenvalue weighted by molar-refractivity contribution is 5.93. The van der Waals surface area contributed by atoms with Crippen molar-refractivity contribution in [2.75, 3.05) is 18.2 Å². The van der Waals surface area contributed by atoms with E-state index in [1.165, 1.54) is 23.5 Å². The SMILES string of the molecule is CCCN(c1ncc2c(=O)c(C(=O)OCC)cn(-c3ccc4c(c3)CCC4)c2n1)n1ccnc1. The molecular formula is C25H26N6O3. The Morgan fingerprint density at radius 1 is 1.21 bits per heavy atom. The van der Waals surface area contributed by atoms with Gasteiger partial charge in [0.15, 0.2) is 5.65 Å². The van der Waals surface area contributed by atoms with Crippen LogP contribution in [0.2, 0.25) is 0 Å². The summed E-state index contributed by atoms with van der Waals surface area (Å²) in [6.07, 6.45) is 12.3. The highest BCUT2D eigenvalue weighted by Crippen LogP contribution is 2.26. The van der Waals surface area contributed by atoms with Crippen molar-refractivity contribution in [2.24, 2.45) is 0 Å². The van der Waals surface area contributed by atoms with E-state index in [1.54, 1.807) is 24.0 Å². The number of hydrogen-bond donors (Lipinski definition) is 0. The summed E-state index contributed by atoms with van der Waals surface area (Å²) < 4.78 is 8.77. The number of aromatic nitrogens is 5. The number of aryl methyl sites for hydroxylation is 2. The van der Waals surface area contributed by atoms with Gasteiger partial charge in [-0.05, 0) is 55.9 Å². The number of hydrogen-bond acceptors (Lipinski definition) is 7. The van der Waals surface area contributed by atoms with E-state index in [0.29, 0.717) is 18.1 Å². The van der Waals surface area contributed by atoms with Crippen molar-refractivity contribution in [3.05, 3.63) is 76.2 Å². The van der Waals surface area contributed by atoms with E-state index < -0.39 is 11.4 Å². The van der Waals surface area contributed by atoms with E-state index in [0.717, 1.165) is 31.4 Å². The maximum absolute atomic E-state index is 13.2. The van der Waals surface area contributed by atoms with Crippen LogP contribution in [0.3, 0.4) is 0 Å². The van der Waals surface area contributed by atoms with Crippen molar-refractivity contribution in [3.8, 4) is 5.69 Å². The Kier molecular flexibility index (Phi) is 5.83. The van der Waals surface area contributed by atoms with Gasteiger partial charge in [-0.3, -0.25) is 4.79 Å². The van der Waals surface area contributed by atoms with Crippen molar-refractivity contribution in [1.82, 2.24) is 24.2 Å². The second kappa shape index (κ2) is 9.09. The summed E-state index contributed by atoms with van der Waals surface area (Å²) in [5.74, 6) is -0.218. The molecule has 0 N–H and O–H groups in total. The van der Waals surface area contributed by atoms with Gasteiger partial charge in [-0.25, -0.2) is 24.4 Å². The molecule has 9 nitrogen and oxygen atoms in total. The van der Waals surface area contributed by atoms with E-state index >= 15 is 0 Å². The van der Waals surface area contributed by atoms with Crippen LogP contribution in [0.15, 0.2) is 54.1 Å². The molecule has 5 rings (SSSR count). The zero-order chi connectivity index (χ0) is 23.7. The third kappa shape index (κ3) is 3.83. The van der Waals surface area contributed by atoms with Gasteiger partial charge in [-0.15, -0.1) is 0 Å². The minimum atomic E-state index is -0.653. The predicted molar refractivity (Wildman–Crippen MR) is 128 cm³/mol. The molecule has 1 aliphatic rings. The molecule has 0 atom stereocenters. The van der Waals surface area contributed by atoms with Gasteiger partial charge < -0.3 is 9.30 Å². The molecule has 3 aromatic heterocycles. The number of anilines is 1. The summed E-state index contributed by atoms with van der Waals surface area (Å²) in [4.78, 5) is 39.2. The van der Waals surface area contributed by atoms with E-state index in [4.69, 9.17) is 9.72 Å². The van der Waals surface area contributed by atoms with Crippen LogP contribution in [-0.4, -0.2) is 43.3 Å². The van der Waals surface area contributed by atoms with Crippen molar-refractivity contribution in [2.45, 2.75) is 39.5 Å². The number of esters is 1. The molecule has 0 bridgehead atoms. The minimum absolute atomic E-state index is 0.0359. The first-order chi connectivity index (χ1) is 16.6. The highest BCUT2D eigenvalue weighted by atomic mass is 16.5. The minimum Gasteiger partial charge on any atom is -0.462 e. The van der Waals surface area contributed by atoms with Crippen molar-refractivity contribution >= 4 is 23.0 Å². The zero-order valence-electron chi connectivity index (χ0n) is 19.3. The molecule has 0 unspecified atom stereocenters. The molecule has 0 saturated heterocycles. The highest BCUT2D eigenvalue weighted by Gasteiger charge is 2.21. The number of carbonyl (C=O) groups is 1. The number of benzene rings is 1. The molecule has 0 saturated carbocycles. The summed E-state index contributed by atoms with van der Waals surface area (Å²) in [5, 5.41) is 2.15. The summed E-state index contributed by atoms with van der Waals surface area (Å²) in [6, 6.07) is 6.23. The van der Waals surface area contributed by atoms with Gasteiger partial charge in [0.1, 0.15) is 11.9 Å². The van der Waals surface area contributed by atoms with Crippen LogP contribution in [0, 0.1) is 0 Å². The number of nitrogens with zero attached hydrogens (tertiary/aromatic N) is 6. The molecule has 34 heavy (non-hydrogen) atoms. The quantitative estimate of drug-likeness (QED) is 0.392. The third-order valence-corrected chi connectivity index (χ3v) is 6.02. The van der Waals surface area contributed by atoms with Crippen LogP contribution < -0.4 is 10.4 Å². The van der Waals surface area contributed by atoms with Crippen molar-refractivity contribution in [1.29, 1.82) is 0 Å². The van der Waals surface area contributed by atoms with E-state index in [-0.39, 0.29) is 17.6 Å². The Labute approximate surface area is 196 Å². The molecule has 0 fully saturated rings. The second-order valence-electron chi connectivity index (χ2n) is 8.24. The maximum atomic E-state index is 13.2. The van der Waals surface area contributed by atoms with Crippen molar-refractivity contribution < 1.29 is 9.53 Å². The van der Waals surface area contributed by atoms with E-state index in [9.17, 15) is 9.59 Å². The molecule has 3 heterocycles. The van der Waals surface area contributed by atoms with Crippen LogP contribution >= 0.6 is 0 Å². The lowest BCUT2D eigenvalue weighted by molar-refractivity contribution is 0.0524. The van der Waals surface area contributed by atoms with Gasteiger partial charge in [0.25, 0.3) is 0 Å². The lowest BCUT2D eigenvalue weighted by Gasteiger charge is -2.23. The number of rotatable bonds is 7. The van der Waals surface area contributed by atoms with Gasteiger partial charge in [-0.2, -0.15) is 4.98 Å². The average molecular weight is 459 g/mol. The van der Waals surface area contributed by atoms with Gasteiger partial charge in [0.2, 0.25) is 11.4 Å². The number of fused-ring (bicyclic) bond motifs is 2. The molecule has 9 heteroatoms. The van der Waals surface area contributed by atoms with E-state index in [2.05, 4.69) is 29.0 Å². The standard InChI is InChI=1S/C25H26N6O3/c1-3-11-31(29-12-10-26-16-29)25-27-14-20-22(32)21(24(33)34-4-2)15-30(23(20)28-25)19-9-8-17-6-5-7-18(17)13-19/h8-10,12-16H,3-7,11H2,1-2H3. The zero-order valence-corrected chi connectivity index (χ0v) is 19.3. The van der Waals surface area contributed by atoms with Crippen LogP contribution in [-0.2, 0) is 17.6 Å². The maximum Gasteiger partial charge on any atom is 0.343 e. The molecule has 1 aromatic carbocycles. The smallest absolute Gasteiger partial charge is 0.343 e. The number of pyridine rings is 1. The summed E-state index contributed by atoms with van der Waals surface area (Å²) in [5.41, 5.74) is 3.41. The normalized spacial score (nSPS) is 12.6. The van der Waals surface area contributed by atoms with Crippen molar-refractivity contribution in [3.63, 3.8) is 0 Å². The van der Waals surface area contributed by atoms with Gasteiger partial charge in [0.05, 0.1) is 12.0 Å². The Bertz CT molecular complexity index is 1410. The largest absolute Gasteiger partial charge is 0.462 e. The predicted octanol–water partition coefficient (Wildman–Crippen LogP) is 3.32. The molecule has 0 aliphatic heterocycles. The number of carbonyl (C=O) groups excluding carboxylic acids is 1. The lowest BCUT2D eigenvalue weighted by atomic mass is 10.1. The Balaban J connectivity index is 1.74. The second-order valence-corrected chi connectivity index (χ2v) is 8.24. The molecule has 0 amide bonds. The molecule has 0 radical (unpaired) electrons. The summed E-state index contributed by atoms with van der Waals surface area (Å²) >= 11 is 0. The molecule has 4 aromatic rings. The molecule has 1 aliphatic carbocycles. The summed E-state index contributed by atoms with van der Waals surface area (Å²) in [7, 11) is 0. The lowest BCUT2D eigenvalue weighted by Crippen LogP contribution is -2.31. The number of imidazole rings is 1. The van der Waals surface area contributed by atoms with Crippen LogP contribution in [0.5, 0.6) is 0 Å². The Morgan fingerprint density at radius 3 is 2.82 bits per heavy atom. The fourth-order valence-corrected chi connectivity index (χ4v) is 4.41.